The minimum atomic E-state index is -0.293. The summed E-state index contributed by atoms with van der Waals surface area (Å²) in [5.74, 6) is 0.0864. The van der Waals surface area contributed by atoms with Gasteiger partial charge in [-0.3, -0.25) is 4.79 Å². The molecule has 1 heterocycles. The summed E-state index contributed by atoms with van der Waals surface area (Å²) in [5, 5.41) is 2.92. The van der Waals surface area contributed by atoms with Crippen molar-refractivity contribution in [3.05, 3.63) is 59.7 Å². The molecule has 0 unspecified atom stereocenters. The molecule has 0 bridgehead atoms. The predicted octanol–water partition coefficient (Wildman–Crippen LogP) is 3.11. The molecule has 0 saturated carbocycles. The maximum absolute atomic E-state index is 12.7. The SMILES string of the molecule is NCCCNC(=O)C1CCN(C(=O)OCC2c3ccccc3-c3ccccc32)CC1. The van der Waals surface area contributed by atoms with Crippen LogP contribution in [-0.2, 0) is 9.53 Å². The van der Waals surface area contributed by atoms with Gasteiger partial charge in [-0.1, -0.05) is 48.5 Å². The Labute approximate surface area is 177 Å². The number of hydrogen-bond acceptors (Lipinski definition) is 4. The fourth-order valence-corrected chi connectivity index (χ4v) is 4.47. The minimum absolute atomic E-state index is 0.0413. The lowest BCUT2D eigenvalue weighted by Crippen LogP contribution is -2.43. The van der Waals surface area contributed by atoms with Crippen molar-refractivity contribution < 1.29 is 14.3 Å². The lowest BCUT2D eigenvalue weighted by Gasteiger charge is -2.31. The minimum Gasteiger partial charge on any atom is -0.448 e. The van der Waals surface area contributed by atoms with Crippen LogP contribution in [0.4, 0.5) is 4.79 Å². The van der Waals surface area contributed by atoms with Gasteiger partial charge in [0.2, 0.25) is 5.91 Å². The average molecular weight is 408 g/mol. The molecule has 1 aliphatic carbocycles. The van der Waals surface area contributed by atoms with Gasteiger partial charge >= 0.3 is 6.09 Å². The van der Waals surface area contributed by atoms with Crippen molar-refractivity contribution in [3.8, 4) is 11.1 Å². The summed E-state index contributed by atoms with van der Waals surface area (Å²) < 4.78 is 5.73. The van der Waals surface area contributed by atoms with Crippen LogP contribution >= 0.6 is 0 Å². The number of nitrogens with zero attached hydrogens (tertiary/aromatic N) is 1. The quantitative estimate of drug-likeness (QED) is 0.721. The highest BCUT2D eigenvalue weighted by atomic mass is 16.6. The number of piperidine rings is 1. The number of fused-ring (bicyclic) bond motifs is 3. The maximum Gasteiger partial charge on any atom is 0.409 e. The number of rotatable bonds is 6. The molecule has 1 saturated heterocycles. The van der Waals surface area contributed by atoms with Gasteiger partial charge < -0.3 is 20.7 Å². The predicted molar refractivity (Wildman–Crippen MR) is 116 cm³/mol. The van der Waals surface area contributed by atoms with Gasteiger partial charge in [-0.05, 0) is 48.1 Å². The molecule has 1 aliphatic heterocycles. The van der Waals surface area contributed by atoms with Gasteiger partial charge in [-0.15, -0.1) is 0 Å². The van der Waals surface area contributed by atoms with E-state index in [1.807, 2.05) is 24.3 Å². The van der Waals surface area contributed by atoms with Crippen LogP contribution in [0.2, 0.25) is 0 Å². The molecule has 0 aromatic heterocycles. The summed E-state index contributed by atoms with van der Waals surface area (Å²) in [4.78, 5) is 26.6. The van der Waals surface area contributed by atoms with Crippen molar-refractivity contribution in [2.24, 2.45) is 11.7 Å². The molecule has 2 amide bonds. The van der Waals surface area contributed by atoms with Crippen molar-refractivity contribution >= 4 is 12.0 Å². The Morgan fingerprint density at radius 2 is 1.60 bits per heavy atom. The van der Waals surface area contributed by atoms with Crippen LogP contribution in [-0.4, -0.2) is 49.7 Å². The Bertz CT molecular complexity index is 861. The van der Waals surface area contributed by atoms with Gasteiger partial charge in [0.05, 0.1) is 0 Å². The third-order valence-corrected chi connectivity index (χ3v) is 6.14. The first-order chi connectivity index (χ1) is 14.7. The van der Waals surface area contributed by atoms with Gasteiger partial charge in [-0.25, -0.2) is 4.79 Å². The molecule has 4 rings (SSSR count). The van der Waals surface area contributed by atoms with Crippen LogP contribution in [0.3, 0.4) is 0 Å². The molecule has 1 fully saturated rings. The third-order valence-electron chi connectivity index (χ3n) is 6.14. The summed E-state index contributed by atoms with van der Waals surface area (Å²) in [6, 6.07) is 16.6. The van der Waals surface area contributed by atoms with Crippen molar-refractivity contribution in [1.82, 2.24) is 10.2 Å². The van der Waals surface area contributed by atoms with E-state index in [-0.39, 0.29) is 23.8 Å². The first kappa shape index (κ1) is 20.4. The van der Waals surface area contributed by atoms with Crippen molar-refractivity contribution in [3.63, 3.8) is 0 Å². The van der Waals surface area contributed by atoms with Crippen molar-refractivity contribution in [2.45, 2.75) is 25.2 Å². The van der Waals surface area contributed by atoms with Gasteiger partial charge in [0, 0.05) is 31.5 Å². The third kappa shape index (κ3) is 4.19. The first-order valence-corrected chi connectivity index (χ1v) is 10.8. The molecular formula is C24H29N3O3. The second kappa shape index (κ2) is 9.30. The van der Waals surface area contributed by atoms with Crippen molar-refractivity contribution in [2.75, 3.05) is 32.8 Å². The van der Waals surface area contributed by atoms with Crippen molar-refractivity contribution in [1.29, 1.82) is 0 Å². The zero-order chi connectivity index (χ0) is 20.9. The Kier molecular flexibility index (Phi) is 6.33. The summed E-state index contributed by atoms with van der Waals surface area (Å²) >= 11 is 0. The van der Waals surface area contributed by atoms with Crippen LogP contribution in [0.15, 0.2) is 48.5 Å². The second-order valence-corrected chi connectivity index (χ2v) is 8.00. The molecule has 2 aromatic carbocycles. The van der Waals surface area contributed by atoms with E-state index in [1.54, 1.807) is 4.90 Å². The molecule has 2 aromatic rings. The number of hydrogen-bond donors (Lipinski definition) is 2. The van der Waals surface area contributed by atoms with Crippen LogP contribution in [0.5, 0.6) is 0 Å². The summed E-state index contributed by atoms with van der Waals surface area (Å²) in [7, 11) is 0. The van der Waals surface area contributed by atoms with Crippen LogP contribution in [0, 0.1) is 5.92 Å². The molecule has 3 N–H and O–H groups in total. The number of amides is 2. The normalized spacial score (nSPS) is 16.1. The molecule has 0 radical (unpaired) electrons. The number of carbonyl (C=O) groups excluding carboxylic acids is 2. The van der Waals surface area contributed by atoms with E-state index in [9.17, 15) is 9.59 Å². The summed E-state index contributed by atoms with van der Waals surface area (Å²) in [6.45, 7) is 2.60. The number of nitrogens with one attached hydrogen (secondary N) is 1. The van der Waals surface area contributed by atoms with Crippen LogP contribution in [0.1, 0.15) is 36.3 Å². The van der Waals surface area contributed by atoms with Crippen LogP contribution in [0.25, 0.3) is 11.1 Å². The molecule has 2 aliphatic rings. The zero-order valence-electron chi connectivity index (χ0n) is 17.2. The maximum atomic E-state index is 12.7. The number of ether oxygens (including phenoxy) is 1. The molecule has 6 nitrogen and oxygen atoms in total. The molecule has 30 heavy (non-hydrogen) atoms. The smallest absolute Gasteiger partial charge is 0.409 e. The van der Waals surface area contributed by atoms with E-state index >= 15 is 0 Å². The molecule has 158 valence electrons. The Morgan fingerprint density at radius 3 is 2.20 bits per heavy atom. The molecule has 0 spiro atoms. The Balaban J connectivity index is 1.31. The molecule has 0 atom stereocenters. The highest BCUT2D eigenvalue weighted by Crippen LogP contribution is 2.44. The van der Waals surface area contributed by atoms with Gasteiger partial charge in [-0.2, -0.15) is 0 Å². The summed E-state index contributed by atoms with van der Waals surface area (Å²) in [5.41, 5.74) is 10.3. The first-order valence-electron chi connectivity index (χ1n) is 10.8. The lowest BCUT2D eigenvalue weighted by atomic mass is 9.96. The zero-order valence-corrected chi connectivity index (χ0v) is 17.2. The summed E-state index contributed by atoms with van der Waals surface area (Å²) in [6.07, 6.45) is 1.82. The fourth-order valence-electron chi connectivity index (χ4n) is 4.47. The van der Waals surface area contributed by atoms with E-state index in [0.29, 0.717) is 45.6 Å². The highest BCUT2D eigenvalue weighted by Gasteiger charge is 2.31. The van der Waals surface area contributed by atoms with E-state index in [4.69, 9.17) is 10.5 Å². The van der Waals surface area contributed by atoms with E-state index in [2.05, 4.69) is 29.6 Å². The Hall–Kier alpha value is -2.86. The molecule has 6 heteroatoms. The lowest BCUT2D eigenvalue weighted by molar-refractivity contribution is -0.126. The van der Waals surface area contributed by atoms with Gasteiger partial charge in [0.25, 0.3) is 0 Å². The van der Waals surface area contributed by atoms with Gasteiger partial charge in [0.15, 0.2) is 0 Å². The van der Waals surface area contributed by atoms with E-state index < -0.39 is 0 Å². The largest absolute Gasteiger partial charge is 0.448 e. The number of benzene rings is 2. The average Bonchev–Trinajstić information content (AvgIpc) is 3.11. The number of carbonyl (C=O) groups is 2. The second-order valence-electron chi connectivity index (χ2n) is 8.00. The topological polar surface area (TPSA) is 84.7 Å². The number of likely N-dealkylation sites (tertiary alicyclic amines) is 1. The van der Waals surface area contributed by atoms with E-state index in [1.165, 1.54) is 22.3 Å². The van der Waals surface area contributed by atoms with Crippen LogP contribution < -0.4 is 11.1 Å². The molecular weight excluding hydrogens is 378 g/mol. The Morgan fingerprint density at radius 1 is 1.00 bits per heavy atom. The number of nitrogens with two attached hydrogens (primary N) is 1. The standard InChI is InChI=1S/C24H29N3O3/c25-12-5-13-26-23(28)17-10-14-27(15-11-17)24(29)30-16-22-20-8-3-1-6-18(20)19-7-2-4-9-21(19)22/h1-4,6-9,17,22H,5,10-16,25H2,(H,26,28). The highest BCUT2D eigenvalue weighted by molar-refractivity contribution is 5.80. The van der Waals surface area contributed by atoms with Gasteiger partial charge in [0.1, 0.15) is 6.61 Å². The fraction of sp³-hybridized carbons (Fsp3) is 0.417. The van der Waals surface area contributed by atoms with E-state index in [0.717, 1.165) is 6.42 Å². The monoisotopic (exact) mass is 407 g/mol.